The Labute approximate surface area is 228 Å². The number of rotatable bonds is 10. The highest BCUT2D eigenvalue weighted by Crippen LogP contribution is 2.44. The monoisotopic (exact) mass is 532 g/mol. The Morgan fingerprint density at radius 3 is 2.10 bits per heavy atom. The molecule has 206 valence electrons. The Kier molecular flexibility index (Phi) is 8.53. The zero-order valence-corrected chi connectivity index (χ0v) is 22.7. The number of carbonyl (C=O) groups is 4. The van der Waals surface area contributed by atoms with Crippen LogP contribution in [0.3, 0.4) is 0 Å². The fourth-order valence-corrected chi connectivity index (χ4v) is 5.25. The summed E-state index contributed by atoms with van der Waals surface area (Å²) < 4.78 is 5.54. The van der Waals surface area contributed by atoms with E-state index in [0.717, 1.165) is 11.1 Å². The third-order valence-electron chi connectivity index (χ3n) is 7.89. The number of hydrogen-bond acceptors (Lipinski definition) is 6. The normalized spacial score (nSPS) is 16.7. The van der Waals surface area contributed by atoms with Crippen LogP contribution in [-0.4, -0.2) is 47.9 Å². The summed E-state index contributed by atoms with van der Waals surface area (Å²) in [7, 11) is 0. The number of carboxylic acids is 1. The van der Waals surface area contributed by atoms with Crippen LogP contribution in [-0.2, 0) is 19.1 Å². The molecular weight excluding hydrogens is 496 g/mol. The van der Waals surface area contributed by atoms with Crippen LogP contribution in [0.4, 0.5) is 4.79 Å². The molecule has 1 unspecified atom stereocenters. The minimum atomic E-state index is -1.01. The molecule has 2 aromatic carbocycles. The van der Waals surface area contributed by atoms with Gasteiger partial charge in [0.1, 0.15) is 24.2 Å². The number of Topliss-reactive ketones (excluding diaryl/α,β-unsaturated/α-hetero) is 2. The van der Waals surface area contributed by atoms with Gasteiger partial charge in [-0.3, -0.25) is 9.59 Å². The van der Waals surface area contributed by atoms with E-state index >= 15 is 0 Å². The molecule has 4 rings (SSSR count). The molecule has 2 aliphatic rings. The fraction of sp³-hybridized carbons (Fsp3) is 0.419. The van der Waals surface area contributed by atoms with Crippen LogP contribution in [0.2, 0.25) is 0 Å². The molecule has 0 bridgehead atoms. The molecule has 2 aliphatic carbocycles. The lowest BCUT2D eigenvalue weighted by molar-refractivity contribution is -0.140. The summed E-state index contributed by atoms with van der Waals surface area (Å²) in [6.45, 7) is 5.58. The Morgan fingerprint density at radius 1 is 0.974 bits per heavy atom. The number of nitrogens with one attached hydrogen (secondary N) is 2. The number of allylic oxidation sites excluding steroid dienone is 2. The second-order valence-corrected chi connectivity index (χ2v) is 10.8. The van der Waals surface area contributed by atoms with Gasteiger partial charge in [-0.25, -0.2) is 9.59 Å². The van der Waals surface area contributed by atoms with Crippen molar-refractivity contribution in [2.45, 2.75) is 64.8 Å². The Bertz CT molecular complexity index is 1240. The van der Waals surface area contributed by atoms with Gasteiger partial charge < -0.3 is 20.5 Å². The molecule has 1 atom stereocenters. The van der Waals surface area contributed by atoms with Crippen LogP contribution in [0, 0.1) is 5.41 Å². The van der Waals surface area contributed by atoms with Crippen molar-refractivity contribution in [2.24, 2.45) is 5.41 Å². The van der Waals surface area contributed by atoms with Gasteiger partial charge in [-0.1, -0.05) is 48.5 Å². The van der Waals surface area contributed by atoms with E-state index in [1.54, 1.807) is 20.8 Å². The van der Waals surface area contributed by atoms with Crippen LogP contribution in [0.5, 0.6) is 0 Å². The van der Waals surface area contributed by atoms with Crippen LogP contribution in [0.25, 0.3) is 11.1 Å². The maximum atomic E-state index is 12.3. The van der Waals surface area contributed by atoms with Gasteiger partial charge >= 0.3 is 12.1 Å². The van der Waals surface area contributed by atoms with Gasteiger partial charge in [-0.05, 0) is 67.9 Å². The van der Waals surface area contributed by atoms with Crippen molar-refractivity contribution in [1.82, 2.24) is 10.6 Å². The number of fused-ring (bicyclic) bond motifs is 3. The second kappa shape index (κ2) is 11.8. The Morgan fingerprint density at radius 2 is 1.54 bits per heavy atom. The number of benzene rings is 2. The lowest BCUT2D eigenvalue weighted by Gasteiger charge is -2.29. The summed E-state index contributed by atoms with van der Waals surface area (Å²) in [5.74, 6) is -1.32. The molecule has 0 spiro atoms. The van der Waals surface area contributed by atoms with Gasteiger partial charge in [-0.2, -0.15) is 0 Å². The summed E-state index contributed by atoms with van der Waals surface area (Å²) >= 11 is 0. The maximum Gasteiger partial charge on any atom is 0.407 e. The predicted molar refractivity (Wildman–Crippen MR) is 147 cm³/mol. The Hall–Kier alpha value is -3.94. The maximum absolute atomic E-state index is 12.3. The molecule has 8 nitrogen and oxygen atoms in total. The van der Waals surface area contributed by atoms with Gasteiger partial charge in [-0.15, -0.1) is 0 Å². The molecule has 1 fully saturated rings. The lowest BCUT2D eigenvalue weighted by atomic mass is 9.73. The largest absolute Gasteiger partial charge is 0.480 e. The smallest absolute Gasteiger partial charge is 0.407 e. The fourth-order valence-electron chi connectivity index (χ4n) is 5.25. The van der Waals surface area contributed by atoms with Gasteiger partial charge in [0, 0.05) is 31.0 Å². The molecular formula is C31H36N2O6. The number of ether oxygens (including phenoxy) is 1. The first-order valence-electron chi connectivity index (χ1n) is 13.4. The zero-order chi connectivity index (χ0) is 28.2. The Balaban J connectivity index is 1.21. The number of unbranched alkanes of at least 4 members (excludes halogenated alkanes) is 1. The standard InChI is InChI=1S/C31H36N2O6/c1-19(20-16-27(34)31(2,3)28(35)17-20)33-26(29(36)37)14-8-9-15-32-30(38)39-18-25-23-12-6-4-10-21(23)22-11-5-7-13-24(22)25/h4-7,10-13,25-26,33H,8-9,14-18H2,1-3H3,(H,32,38)(H,36,37). The number of alkyl carbamates (subject to hydrolysis) is 1. The van der Waals surface area contributed by atoms with Crippen LogP contribution in [0.15, 0.2) is 59.8 Å². The van der Waals surface area contributed by atoms with Gasteiger partial charge in [0.15, 0.2) is 0 Å². The minimum absolute atomic E-state index is 0.0104. The van der Waals surface area contributed by atoms with Crippen molar-refractivity contribution in [1.29, 1.82) is 0 Å². The van der Waals surface area contributed by atoms with Crippen LogP contribution >= 0.6 is 0 Å². The molecule has 0 heterocycles. The van der Waals surface area contributed by atoms with E-state index in [1.165, 1.54) is 11.1 Å². The number of aliphatic carboxylic acids is 1. The summed E-state index contributed by atoms with van der Waals surface area (Å²) in [6, 6.07) is 15.4. The number of ketones is 2. The number of carbonyl (C=O) groups excluding carboxylic acids is 3. The molecule has 1 saturated carbocycles. The number of carboxylic acid groups (broad SMARTS) is 1. The van der Waals surface area contributed by atoms with Crippen molar-refractivity contribution in [3.8, 4) is 11.1 Å². The molecule has 0 radical (unpaired) electrons. The first kappa shape index (κ1) is 28.1. The first-order valence-corrected chi connectivity index (χ1v) is 13.4. The van der Waals surface area contributed by atoms with Crippen LogP contribution in [0.1, 0.15) is 69.9 Å². The quantitative estimate of drug-likeness (QED) is 0.292. The van der Waals surface area contributed by atoms with Gasteiger partial charge in [0.05, 0.1) is 5.41 Å². The molecule has 0 aliphatic heterocycles. The molecule has 39 heavy (non-hydrogen) atoms. The molecule has 0 aromatic heterocycles. The van der Waals surface area contributed by atoms with Gasteiger partial charge in [0.25, 0.3) is 0 Å². The average Bonchev–Trinajstić information content (AvgIpc) is 3.23. The van der Waals surface area contributed by atoms with Crippen molar-refractivity contribution in [3.05, 3.63) is 70.9 Å². The van der Waals surface area contributed by atoms with Crippen LogP contribution < -0.4 is 10.6 Å². The third kappa shape index (κ3) is 6.21. The third-order valence-corrected chi connectivity index (χ3v) is 7.89. The van der Waals surface area contributed by atoms with E-state index in [9.17, 15) is 24.3 Å². The van der Waals surface area contributed by atoms with Crippen molar-refractivity contribution < 1.29 is 29.0 Å². The van der Waals surface area contributed by atoms with E-state index in [4.69, 9.17) is 4.74 Å². The predicted octanol–water partition coefficient (Wildman–Crippen LogP) is 4.97. The molecule has 0 saturated heterocycles. The van der Waals surface area contributed by atoms with Crippen molar-refractivity contribution >= 4 is 23.6 Å². The lowest BCUT2D eigenvalue weighted by Crippen LogP contribution is -2.40. The molecule has 8 heteroatoms. The highest BCUT2D eigenvalue weighted by atomic mass is 16.5. The molecule has 1 amide bonds. The van der Waals surface area contributed by atoms with E-state index in [-0.39, 0.29) is 36.9 Å². The topological polar surface area (TPSA) is 122 Å². The highest BCUT2D eigenvalue weighted by Gasteiger charge is 2.40. The van der Waals surface area contributed by atoms with E-state index in [1.807, 2.05) is 24.3 Å². The SMILES string of the molecule is CC(NC(CCCCNC(=O)OCC1c2ccccc2-c2ccccc21)C(=O)O)=C1CC(=O)C(C)(C)C(=O)C1. The second-order valence-electron chi connectivity index (χ2n) is 10.8. The van der Waals surface area contributed by atoms with E-state index in [0.29, 0.717) is 37.1 Å². The van der Waals surface area contributed by atoms with Crippen molar-refractivity contribution in [3.63, 3.8) is 0 Å². The number of amides is 1. The first-order chi connectivity index (χ1) is 18.6. The summed E-state index contributed by atoms with van der Waals surface area (Å²) in [5, 5.41) is 15.4. The summed E-state index contributed by atoms with van der Waals surface area (Å²) in [4.78, 5) is 48.8. The molecule has 3 N–H and O–H groups in total. The minimum Gasteiger partial charge on any atom is -0.480 e. The molecule has 2 aromatic rings. The van der Waals surface area contributed by atoms with Gasteiger partial charge in [0.2, 0.25) is 0 Å². The summed E-state index contributed by atoms with van der Waals surface area (Å²) in [5.41, 5.74) is 4.85. The average molecular weight is 533 g/mol. The number of hydrogen-bond donors (Lipinski definition) is 3. The van der Waals surface area contributed by atoms with E-state index in [2.05, 4.69) is 34.9 Å². The van der Waals surface area contributed by atoms with Crippen molar-refractivity contribution in [2.75, 3.05) is 13.2 Å². The highest BCUT2D eigenvalue weighted by molar-refractivity contribution is 6.10. The van der Waals surface area contributed by atoms with E-state index < -0.39 is 23.5 Å². The zero-order valence-electron chi connectivity index (χ0n) is 22.7. The summed E-state index contributed by atoms with van der Waals surface area (Å²) in [6.07, 6.45) is 1.26.